The van der Waals surface area contributed by atoms with Gasteiger partial charge in [-0.3, -0.25) is 4.79 Å². The van der Waals surface area contributed by atoms with Crippen LogP contribution in [0.4, 0.5) is 5.69 Å². The summed E-state index contributed by atoms with van der Waals surface area (Å²) in [6, 6.07) is 17.0. The molecule has 0 heterocycles. The zero-order valence-corrected chi connectivity index (χ0v) is 11.6. The fraction of sp³-hybridized carbons (Fsp3) is 0.176. The van der Waals surface area contributed by atoms with Gasteiger partial charge in [0, 0.05) is 12.7 Å². The third-order valence-corrected chi connectivity index (χ3v) is 3.23. The quantitative estimate of drug-likeness (QED) is 0.855. The normalized spacial score (nSPS) is 9.85. The largest absolute Gasteiger partial charge is 0.315 e. The minimum atomic E-state index is 0.0264. The van der Waals surface area contributed by atoms with E-state index in [4.69, 9.17) is 5.26 Å². The predicted octanol–water partition coefficient (Wildman–Crippen LogP) is 3.07. The number of benzene rings is 2. The first-order valence-electron chi connectivity index (χ1n) is 6.42. The molecule has 0 saturated carbocycles. The molecule has 0 atom stereocenters. The average Bonchev–Trinajstić information content (AvgIpc) is 2.49. The summed E-state index contributed by atoms with van der Waals surface area (Å²) < 4.78 is 0. The zero-order valence-electron chi connectivity index (χ0n) is 11.6. The zero-order chi connectivity index (χ0) is 14.5. The smallest absolute Gasteiger partial charge is 0.231 e. The number of carbonyl (C=O) groups excluding carboxylic acids is 1. The third kappa shape index (κ3) is 3.24. The molecule has 100 valence electrons. The van der Waals surface area contributed by atoms with Crippen molar-refractivity contribution in [1.82, 2.24) is 0 Å². The highest BCUT2D eigenvalue weighted by molar-refractivity contribution is 5.94. The van der Waals surface area contributed by atoms with Gasteiger partial charge in [-0.05, 0) is 36.8 Å². The van der Waals surface area contributed by atoms with E-state index < -0.39 is 0 Å². The van der Waals surface area contributed by atoms with Crippen LogP contribution in [0.2, 0.25) is 0 Å². The highest BCUT2D eigenvalue weighted by Crippen LogP contribution is 2.15. The Labute approximate surface area is 119 Å². The maximum atomic E-state index is 12.2. The van der Waals surface area contributed by atoms with E-state index in [9.17, 15) is 4.79 Å². The Bertz CT molecular complexity index is 636. The van der Waals surface area contributed by atoms with Gasteiger partial charge >= 0.3 is 0 Å². The van der Waals surface area contributed by atoms with Crippen molar-refractivity contribution in [1.29, 1.82) is 5.26 Å². The summed E-state index contributed by atoms with van der Waals surface area (Å²) in [5.74, 6) is 0.0264. The van der Waals surface area contributed by atoms with Gasteiger partial charge in [-0.25, -0.2) is 0 Å². The molecule has 0 fully saturated rings. The molecule has 0 saturated heterocycles. The minimum Gasteiger partial charge on any atom is -0.315 e. The molecule has 20 heavy (non-hydrogen) atoms. The highest BCUT2D eigenvalue weighted by atomic mass is 16.2. The Kier molecular flexibility index (Phi) is 4.17. The van der Waals surface area contributed by atoms with E-state index in [2.05, 4.69) is 6.07 Å². The second-order valence-corrected chi connectivity index (χ2v) is 4.77. The summed E-state index contributed by atoms with van der Waals surface area (Å²) >= 11 is 0. The number of nitrogens with zero attached hydrogens (tertiary/aromatic N) is 2. The summed E-state index contributed by atoms with van der Waals surface area (Å²) in [7, 11) is 1.75. The molecule has 3 nitrogen and oxygen atoms in total. The molecule has 0 aromatic heterocycles. The number of aryl methyl sites for hydroxylation is 1. The molecule has 0 spiro atoms. The molecule has 0 bridgehead atoms. The van der Waals surface area contributed by atoms with Crippen LogP contribution in [0.3, 0.4) is 0 Å². The van der Waals surface area contributed by atoms with Crippen LogP contribution in [0.25, 0.3) is 0 Å². The number of likely N-dealkylation sites (N-methyl/N-ethyl adjacent to an activating group) is 1. The first-order chi connectivity index (χ1) is 9.60. The average molecular weight is 264 g/mol. The Morgan fingerprint density at radius 2 is 1.70 bits per heavy atom. The van der Waals surface area contributed by atoms with Gasteiger partial charge in [0.15, 0.2) is 0 Å². The molecule has 3 heteroatoms. The maximum absolute atomic E-state index is 12.2. The van der Waals surface area contributed by atoms with Crippen molar-refractivity contribution in [3.05, 3.63) is 65.2 Å². The van der Waals surface area contributed by atoms with E-state index in [1.807, 2.05) is 31.2 Å². The van der Waals surface area contributed by atoms with Crippen molar-refractivity contribution >= 4 is 11.6 Å². The molecule has 2 aromatic carbocycles. The Balaban J connectivity index is 2.08. The Morgan fingerprint density at radius 3 is 2.25 bits per heavy atom. The summed E-state index contributed by atoms with van der Waals surface area (Å²) in [5.41, 5.74) is 3.57. The molecule has 2 aromatic rings. The first kappa shape index (κ1) is 13.8. The highest BCUT2D eigenvalue weighted by Gasteiger charge is 2.11. The number of nitriles is 1. The Hall–Kier alpha value is -2.60. The molecule has 2 rings (SSSR count). The SMILES string of the molecule is Cc1ccc(CC(=O)N(C)c2ccc(C#N)cc2)cc1. The number of amides is 1. The molecule has 0 unspecified atom stereocenters. The molecule has 0 aliphatic rings. The molecule has 0 aliphatic carbocycles. The predicted molar refractivity (Wildman–Crippen MR) is 79.5 cm³/mol. The van der Waals surface area contributed by atoms with E-state index >= 15 is 0 Å². The number of hydrogen-bond acceptors (Lipinski definition) is 2. The van der Waals surface area contributed by atoms with E-state index in [0.29, 0.717) is 12.0 Å². The van der Waals surface area contributed by atoms with Gasteiger partial charge in [0.25, 0.3) is 0 Å². The van der Waals surface area contributed by atoms with Gasteiger partial charge in [-0.2, -0.15) is 5.26 Å². The lowest BCUT2D eigenvalue weighted by Crippen LogP contribution is -2.27. The summed E-state index contributed by atoms with van der Waals surface area (Å²) in [6.07, 6.45) is 0.372. The van der Waals surface area contributed by atoms with Crippen molar-refractivity contribution in [2.75, 3.05) is 11.9 Å². The van der Waals surface area contributed by atoms with Crippen LogP contribution in [0, 0.1) is 18.3 Å². The van der Waals surface area contributed by atoms with Crippen molar-refractivity contribution in [3.8, 4) is 6.07 Å². The van der Waals surface area contributed by atoms with E-state index in [1.165, 1.54) is 5.56 Å². The standard InChI is InChI=1S/C17H16N2O/c1-13-3-5-14(6-4-13)11-17(20)19(2)16-9-7-15(12-18)8-10-16/h3-10H,11H2,1-2H3. The van der Waals surface area contributed by atoms with E-state index in [0.717, 1.165) is 11.3 Å². The monoisotopic (exact) mass is 264 g/mol. The van der Waals surface area contributed by atoms with Gasteiger partial charge in [0.05, 0.1) is 18.1 Å². The molecule has 0 N–H and O–H groups in total. The molecular formula is C17H16N2O. The second-order valence-electron chi connectivity index (χ2n) is 4.77. The van der Waals surface area contributed by atoms with Crippen molar-refractivity contribution < 1.29 is 4.79 Å². The second kappa shape index (κ2) is 6.03. The number of carbonyl (C=O) groups is 1. The molecular weight excluding hydrogens is 248 g/mol. The van der Waals surface area contributed by atoms with Gasteiger partial charge in [0.2, 0.25) is 5.91 Å². The summed E-state index contributed by atoms with van der Waals surface area (Å²) in [4.78, 5) is 13.8. The maximum Gasteiger partial charge on any atom is 0.231 e. The van der Waals surface area contributed by atoms with Gasteiger partial charge in [-0.15, -0.1) is 0 Å². The fourth-order valence-corrected chi connectivity index (χ4v) is 1.90. The lowest BCUT2D eigenvalue weighted by Gasteiger charge is -2.17. The van der Waals surface area contributed by atoms with Crippen LogP contribution >= 0.6 is 0 Å². The van der Waals surface area contributed by atoms with Crippen molar-refractivity contribution in [2.45, 2.75) is 13.3 Å². The minimum absolute atomic E-state index is 0.0264. The molecule has 0 aliphatic heterocycles. The number of hydrogen-bond donors (Lipinski definition) is 0. The van der Waals surface area contributed by atoms with Crippen molar-refractivity contribution in [3.63, 3.8) is 0 Å². The van der Waals surface area contributed by atoms with Crippen LogP contribution in [-0.2, 0) is 11.2 Å². The van der Waals surface area contributed by atoms with E-state index in [-0.39, 0.29) is 5.91 Å². The summed E-state index contributed by atoms with van der Waals surface area (Å²) in [5, 5.41) is 8.76. The van der Waals surface area contributed by atoms with Gasteiger partial charge in [-0.1, -0.05) is 29.8 Å². The van der Waals surface area contributed by atoms with Crippen LogP contribution in [0.1, 0.15) is 16.7 Å². The van der Waals surface area contributed by atoms with Gasteiger partial charge < -0.3 is 4.90 Å². The number of rotatable bonds is 3. The fourth-order valence-electron chi connectivity index (χ4n) is 1.90. The third-order valence-electron chi connectivity index (χ3n) is 3.23. The molecule has 0 radical (unpaired) electrons. The first-order valence-corrected chi connectivity index (χ1v) is 6.42. The topological polar surface area (TPSA) is 44.1 Å². The van der Waals surface area contributed by atoms with Crippen LogP contribution < -0.4 is 4.90 Å². The molecule has 1 amide bonds. The number of anilines is 1. The summed E-state index contributed by atoms with van der Waals surface area (Å²) in [6.45, 7) is 2.02. The van der Waals surface area contributed by atoms with Crippen LogP contribution in [0.5, 0.6) is 0 Å². The lowest BCUT2D eigenvalue weighted by atomic mass is 10.1. The van der Waals surface area contributed by atoms with Crippen LogP contribution in [0.15, 0.2) is 48.5 Å². The Morgan fingerprint density at radius 1 is 1.10 bits per heavy atom. The van der Waals surface area contributed by atoms with E-state index in [1.54, 1.807) is 36.2 Å². The lowest BCUT2D eigenvalue weighted by molar-refractivity contribution is -0.117. The van der Waals surface area contributed by atoms with Crippen LogP contribution in [-0.4, -0.2) is 13.0 Å². The van der Waals surface area contributed by atoms with Crippen molar-refractivity contribution in [2.24, 2.45) is 0 Å². The van der Waals surface area contributed by atoms with Gasteiger partial charge in [0.1, 0.15) is 0 Å².